The molecule has 0 aliphatic carbocycles. The molecule has 0 radical (unpaired) electrons. The molecule has 1 aromatic heterocycles. The Hall–Kier alpha value is -1.44. The van der Waals surface area contributed by atoms with Crippen LogP contribution in [0.4, 0.5) is 5.69 Å². The van der Waals surface area contributed by atoms with Gasteiger partial charge in [0.2, 0.25) is 5.75 Å². The second-order valence-electron chi connectivity index (χ2n) is 4.14. The number of aliphatic hydroxyl groups excluding tert-OH is 1. The molecule has 106 valence electrons. The second kappa shape index (κ2) is 6.34. The summed E-state index contributed by atoms with van der Waals surface area (Å²) in [7, 11) is 0. The maximum absolute atomic E-state index is 11.1. The van der Waals surface area contributed by atoms with E-state index in [0.29, 0.717) is 10.0 Å². The Balaban J connectivity index is 2.39. The van der Waals surface area contributed by atoms with Crippen molar-refractivity contribution >= 4 is 33.0 Å². The van der Waals surface area contributed by atoms with Gasteiger partial charge in [-0.3, -0.25) is 10.1 Å². The molecule has 0 spiro atoms. The molecular weight excluding hydrogens is 346 g/mol. The molecule has 20 heavy (non-hydrogen) atoms. The van der Waals surface area contributed by atoms with E-state index >= 15 is 0 Å². The fourth-order valence-electron chi connectivity index (χ4n) is 1.74. The van der Waals surface area contributed by atoms with Crippen molar-refractivity contribution in [1.82, 2.24) is 0 Å². The number of ether oxygens (including phenoxy) is 1. The van der Waals surface area contributed by atoms with E-state index in [4.69, 9.17) is 4.74 Å². The third-order valence-corrected chi connectivity index (χ3v) is 3.96. The van der Waals surface area contributed by atoms with Crippen molar-refractivity contribution in [2.45, 2.75) is 19.6 Å². The number of aliphatic hydroxyl groups is 1. The molecule has 2 rings (SSSR count). The molecular formula is C13H12BrNO4S. The molecule has 0 fully saturated rings. The number of nitro groups is 1. The zero-order valence-corrected chi connectivity index (χ0v) is 13.0. The van der Waals surface area contributed by atoms with Gasteiger partial charge in [-0.15, -0.1) is 11.3 Å². The first-order valence-corrected chi connectivity index (χ1v) is 7.47. The Morgan fingerprint density at radius 3 is 2.85 bits per heavy atom. The van der Waals surface area contributed by atoms with Crippen LogP contribution in [0.5, 0.6) is 5.75 Å². The monoisotopic (exact) mass is 357 g/mol. The molecule has 1 N–H and O–H groups in total. The van der Waals surface area contributed by atoms with E-state index < -0.39 is 11.0 Å². The fourth-order valence-corrected chi connectivity index (χ4v) is 2.82. The summed E-state index contributed by atoms with van der Waals surface area (Å²) in [4.78, 5) is 11.6. The molecule has 0 saturated carbocycles. The van der Waals surface area contributed by atoms with Crippen LogP contribution in [-0.4, -0.2) is 10.0 Å². The largest absolute Gasteiger partial charge is 0.481 e. The molecule has 0 amide bonds. The molecule has 0 aliphatic heterocycles. The quantitative estimate of drug-likeness (QED) is 0.646. The minimum Gasteiger partial charge on any atom is -0.481 e. The maximum atomic E-state index is 11.1. The van der Waals surface area contributed by atoms with E-state index in [1.807, 2.05) is 17.5 Å². The number of thiophene rings is 1. The molecule has 0 aliphatic rings. The first kappa shape index (κ1) is 15.0. The lowest BCUT2D eigenvalue weighted by Crippen LogP contribution is -2.04. The number of nitrogens with zero attached hydrogens (tertiary/aromatic N) is 1. The van der Waals surface area contributed by atoms with Crippen molar-refractivity contribution in [3.8, 4) is 5.75 Å². The van der Waals surface area contributed by atoms with Crippen LogP contribution in [0.2, 0.25) is 0 Å². The summed E-state index contributed by atoms with van der Waals surface area (Å²) in [6.45, 7) is 1.78. The van der Waals surface area contributed by atoms with Gasteiger partial charge in [-0.1, -0.05) is 22.0 Å². The SMILES string of the molecule is C[C@H](O)c1cc(Br)cc([N+](=O)[O-])c1OCc1cccs1. The summed E-state index contributed by atoms with van der Waals surface area (Å²) in [6, 6.07) is 6.77. The van der Waals surface area contributed by atoms with E-state index in [1.165, 1.54) is 17.4 Å². The number of benzene rings is 1. The summed E-state index contributed by atoms with van der Waals surface area (Å²) in [5.74, 6) is 0.113. The average molecular weight is 358 g/mol. The van der Waals surface area contributed by atoms with E-state index in [9.17, 15) is 15.2 Å². The van der Waals surface area contributed by atoms with Gasteiger partial charge in [0, 0.05) is 21.0 Å². The normalized spacial score (nSPS) is 12.2. The minimum absolute atomic E-state index is 0.113. The first-order chi connectivity index (χ1) is 9.49. The predicted octanol–water partition coefficient (Wildman–Crippen LogP) is 4.05. The molecule has 2 aromatic rings. The van der Waals surface area contributed by atoms with Gasteiger partial charge in [-0.25, -0.2) is 0 Å². The van der Waals surface area contributed by atoms with Crippen molar-refractivity contribution in [3.05, 3.63) is 54.7 Å². The summed E-state index contributed by atoms with van der Waals surface area (Å²) in [6.07, 6.45) is -0.857. The van der Waals surface area contributed by atoms with Gasteiger partial charge in [0.05, 0.1) is 11.0 Å². The summed E-state index contributed by atoms with van der Waals surface area (Å²) in [5.41, 5.74) is 0.231. The van der Waals surface area contributed by atoms with Gasteiger partial charge in [0.25, 0.3) is 0 Å². The lowest BCUT2D eigenvalue weighted by molar-refractivity contribution is -0.386. The van der Waals surface area contributed by atoms with E-state index in [0.717, 1.165) is 4.88 Å². The number of hydrogen-bond donors (Lipinski definition) is 1. The molecule has 1 aromatic carbocycles. The highest BCUT2D eigenvalue weighted by Crippen LogP contribution is 2.38. The van der Waals surface area contributed by atoms with E-state index in [2.05, 4.69) is 15.9 Å². The summed E-state index contributed by atoms with van der Waals surface area (Å²) >= 11 is 4.71. The highest BCUT2D eigenvalue weighted by Gasteiger charge is 2.23. The average Bonchev–Trinajstić information content (AvgIpc) is 2.89. The highest BCUT2D eigenvalue weighted by atomic mass is 79.9. The van der Waals surface area contributed by atoms with Crippen LogP contribution in [0.25, 0.3) is 0 Å². The lowest BCUT2D eigenvalue weighted by Gasteiger charge is -2.13. The zero-order valence-electron chi connectivity index (χ0n) is 10.6. The number of rotatable bonds is 5. The van der Waals surface area contributed by atoms with Crippen molar-refractivity contribution < 1.29 is 14.8 Å². The second-order valence-corrected chi connectivity index (χ2v) is 6.09. The van der Waals surface area contributed by atoms with E-state index in [1.54, 1.807) is 13.0 Å². The smallest absolute Gasteiger partial charge is 0.312 e. The summed E-state index contributed by atoms with van der Waals surface area (Å²) in [5, 5.41) is 22.8. The predicted molar refractivity (Wildman–Crippen MR) is 80.1 cm³/mol. The molecule has 0 saturated heterocycles. The van der Waals surface area contributed by atoms with Crippen LogP contribution in [0.3, 0.4) is 0 Å². The van der Waals surface area contributed by atoms with Crippen LogP contribution >= 0.6 is 27.3 Å². The first-order valence-electron chi connectivity index (χ1n) is 5.80. The van der Waals surface area contributed by atoms with Crippen molar-refractivity contribution in [2.75, 3.05) is 0 Å². The van der Waals surface area contributed by atoms with Crippen molar-refractivity contribution in [1.29, 1.82) is 0 Å². The molecule has 0 bridgehead atoms. The Labute approximate surface area is 128 Å². The molecule has 5 nitrogen and oxygen atoms in total. The van der Waals surface area contributed by atoms with Crippen LogP contribution in [0.15, 0.2) is 34.1 Å². The zero-order chi connectivity index (χ0) is 14.7. The molecule has 0 unspecified atom stereocenters. The van der Waals surface area contributed by atoms with Crippen molar-refractivity contribution in [3.63, 3.8) is 0 Å². The topological polar surface area (TPSA) is 72.6 Å². The highest BCUT2D eigenvalue weighted by molar-refractivity contribution is 9.10. The summed E-state index contributed by atoms with van der Waals surface area (Å²) < 4.78 is 6.11. The number of nitro benzene ring substituents is 1. The molecule has 1 atom stereocenters. The van der Waals surface area contributed by atoms with Gasteiger partial charge in [-0.2, -0.15) is 0 Å². The van der Waals surface area contributed by atoms with Crippen LogP contribution in [-0.2, 0) is 6.61 Å². The lowest BCUT2D eigenvalue weighted by atomic mass is 10.1. The van der Waals surface area contributed by atoms with Crippen LogP contribution in [0, 0.1) is 10.1 Å². The fraction of sp³-hybridized carbons (Fsp3) is 0.231. The Bertz CT molecular complexity index is 613. The maximum Gasteiger partial charge on any atom is 0.312 e. The Morgan fingerprint density at radius 2 is 2.30 bits per heavy atom. The van der Waals surface area contributed by atoms with Gasteiger partial charge < -0.3 is 9.84 Å². The Kier molecular flexibility index (Phi) is 4.74. The number of halogens is 1. The van der Waals surface area contributed by atoms with Crippen LogP contribution < -0.4 is 4.74 Å². The van der Waals surface area contributed by atoms with Gasteiger partial charge in [-0.05, 0) is 24.4 Å². The van der Waals surface area contributed by atoms with Crippen molar-refractivity contribution in [2.24, 2.45) is 0 Å². The standard InChI is InChI=1S/C13H12BrNO4S/c1-8(16)11-5-9(14)6-12(15(17)18)13(11)19-7-10-3-2-4-20-10/h2-6,8,16H,7H2,1H3/t8-/m0/s1. The minimum atomic E-state index is -0.857. The third kappa shape index (κ3) is 3.36. The molecule has 7 heteroatoms. The Morgan fingerprint density at radius 1 is 1.55 bits per heavy atom. The van der Waals surface area contributed by atoms with Gasteiger partial charge in [0.1, 0.15) is 6.61 Å². The van der Waals surface area contributed by atoms with E-state index in [-0.39, 0.29) is 18.0 Å². The molecule has 1 heterocycles. The van der Waals surface area contributed by atoms with Crippen LogP contribution in [0.1, 0.15) is 23.5 Å². The van der Waals surface area contributed by atoms with Gasteiger partial charge in [0.15, 0.2) is 0 Å². The number of hydrogen-bond acceptors (Lipinski definition) is 5. The third-order valence-electron chi connectivity index (χ3n) is 2.65. The van der Waals surface area contributed by atoms with Gasteiger partial charge >= 0.3 is 5.69 Å².